The molecule has 1 N–H and O–H groups in total. The van der Waals surface area contributed by atoms with Gasteiger partial charge < -0.3 is 10.1 Å². The van der Waals surface area contributed by atoms with Gasteiger partial charge in [-0.2, -0.15) is 23.0 Å². The van der Waals surface area contributed by atoms with Gasteiger partial charge in [-0.3, -0.25) is 4.79 Å². The SMILES string of the molecule is COc1ccc2nc(-n3nc(C)c4c3NC(=O)CS[C@@H]4c3ccc(C(F)(F)F)cc3)sc2c1. The van der Waals surface area contributed by atoms with Crippen molar-refractivity contribution in [1.29, 1.82) is 0 Å². The number of fused-ring (bicyclic) bond motifs is 2. The van der Waals surface area contributed by atoms with E-state index in [0.717, 1.165) is 27.9 Å². The number of ether oxygens (including phenoxy) is 1. The molecule has 1 amide bonds. The Kier molecular flexibility index (Phi) is 5.32. The second kappa shape index (κ2) is 8.07. The highest BCUT2D eigenvalue weighted by Gasteiger charge is 2.33. The first-order valence-electron chi connectivity index (χ1n) is 9.87. The van der Waals surface area contributed by atoms with Gasteiger partial charge in [0.15, 0.2) is 0 Å². The summed E-state index contributed by atoms with van der Waals surface area (Å²) in [6, 6.07) is 10.6. The topological polar surface area (TPSA) is 69.0 Å². The number of nitrogens with zero attached hydrogens (tertiary/aromatic N) is 3. The monoisotopic (exact) mass is 490 g/mol. The molecule has 2 aromatic heterocycles. The van der Waals surface area contributed by atoms with Crippen molar-refractivity contribution < 1.29 is 22.7 Å². The predicted octanol–water partition coefficient (Wildman–Crippen LogP) is 5.59. The Hall–Kier alpha value is -3.05. The summed E-state index contributed by atoms with van der Waals surface area (Å²) in [6.07, 6.45) is -4.41. The first-order chi connectivity index (χ1) is 15.7. The average Bonchev–Trinajstić information content (AvgIpc) is 3.28. The van der Waals surface area contributed by atoms with Crippen LogP contribution in [0.2, 0.25) is 0 Å². The Morgan fingerprint density at radius 1 is 1.18 bits per heavy atom. The van der Waals surface area contributed by atoms with Crippen molar-refractivity contribution in [2.24, 2.45) is 0 Å². The molecule has 6 nitrogen and oxygen atoms in total. The van der Waals surface area contributed by atoms with Gasteiger partial charge >= 0.3 is 6.18 Å². The van der Waals surface area contributed by atoms with E-state index in [0.29, 0.717) is 28.0 Å². The van der Waals surface area contributed by atoms with E-state index >= 15 is 0 Å². The summed E-state index contributed by atoms with van der Waals surface area (Å²) >= 11 is 2.76. The second-order valence-electron chi connectivity index (χ2n) is 7.45. The first kappa shape index (κ1) is 21.8. The minimum Gasteiger partial charge on any atom is -0.497 e. The van der Waals surface area contributed by atoms with E-state index in [1.807, 2.05) is 25.1 Å². The molecule has 0 spiro atoms. The van der Waals surface area contributed by atoms with Gasteiger partial charge in [0.1, 0.15) is 11.6 Å². The molecule has 1 aliphatic rings. The molecule has 0 radical (unpaired) electrons. The molecule has 1 atom stereocenters. The van der Waals surface area contributed by atoms with E-state index < -0.39 is 11.7 Å². The van der Waals surface area contributed by atoms with Crippen molar-refractivity contribution in [2.45, 2.75) is 18.3 Å². The number of amides is 1. The molecule has 170 valence electrons. The van der Waals surface area contributed by atoms with Crippen molar-refractivity contribution in [3.63, 3.8) is 0 Å². The summed E-state index contributed by atoms with van der Waals surface area (Å²) in [6.45, 7) is 1.82. The summed E-state index contributed by atoms with van der Waals surface area (Å²) in [5, 5.41) is 7.76. The molecule has 33 heavy (non-hydrogen) atoms. The fraction of sp³-hybridized carbons (Fsp3) is 0.227. The number of carbonyl (C=O) groups is 1. The number of carbonyl (C=O) groups excluding carboxylic acids is 1. The number of hydrogen-bond acceptors (Lipinski definition) is 6. The van der Waals surface area contributed by atoms with Crippen molar-refractivity contribution in [2.75, 3.05) is 18.2 Å². The highest BCUT2D eigenvalue weighted by molar-refractivity contribution is 8.00. The number of benzene rings is 2. The normalized spacial score (nSPS) is 16.4. The van der Waals surface area contributed by atoms with Crippen LogP contribution in [0, 0.1) is 6.92 Å². The number of anilines is 1. The number of hydrogen-bond donors (Lipinski definition) is 1. The zero-order chi connectivity index (χ0) is 23.3. The van der Waals surface area contributed by atoms with E-state index in [9.17, 15) is 18.0 Å². The summed E-state index contributed by atoms with van der Waals surface area (Å²) in [7, 11) is 1.59. The average molecular weight is 491 g/mol. The maximum absolute atomic E-state index is 13.0. The molecule has 0 saturated heterocycles. The summed E-state index contributed by atoms with van der Waals surface area (Å²) in [5.41, 5.74) is 2.15. The van der Waals surface area contributed by atoms with Crippen molar-refractivity contribution >= 4 is 45.0 Å². The molecular formula is C22H17F3N4O2S2. The minimum atomic E-state index is -4.41. The van der Waals surface area contributed by atoms with Crippen LogP contribution in [-0.2, 0) is 11.0 Å². The Balaban J connectivity index is 1.61. The number of alkyl halides is 3. The molecule has 3 heterocycles. The Morgan fingerprint density at radius 3 is 2.64 bits per heavy atom. The molecule has 11 heteroatoms. The molecular weight excluding hydrogens is 473 g/mol. The molecule has 2 aromatic carbocycles. The molecule has 4 aromatic rings. The van der Waals surface area contributed by atoms with Crippen molar-refractivity contribution in [1.82, 2.24) is 14.8 Å². The van der Waals surface area contributed by atoms with Crippen LogP contribution in [0.15, 0.2) is 42.5 Å². The number of methoxy groups -OCH3 is 1. The van der Waals surface area contributed by atoms with Gasteiger partial charge in [-0.05, 0) is 42.8 Å². The van der Waals surface area contributed by atoms with Gasteiger partial charge in [-0.1, -0.05) is 23.5 Å². The van der Waals surface area contributed by atoms with Gasteiger partial charge in [0.25, 0.3) is 0 Å². The maximum Gasteiger partial charge on any atom is 0.416 e. The van der Waals surface area contributed by atoms with E-state index in [4.69, 9.17) is 4.74 Å². The molecule has 0 unspecified atom stereocenters. The quantitative estimate of drug-likeness (QED) is 0.405. The molecule has 0 bridgehead atoms. The lowest BCUT2D eigenvalue weighted by molar-refractivity contribution is -0.137. The van der Waals surface area contributed by atoms with Gasteiger partial charge in [0.2, 0.25) is 11.0 Å². The molecule has 5 rings (SSSR count). The van der Waals surface area contributed by atoms with Crippen LogP contribution in [0.3, 0.4) is 0 Å². The molecule has 0 saturated carbocycles. The van der Waals surface area contributed by atoms with Crippen LogP contribution in [0.1, 0.15) is 27.6 Å². The smallest absolute Gasteiger partial charge is 0.416 e. The number of nitrogens with one attached hydrogen (secondary N) is 1. The number of thiazole rings is 1. The van der Waals surface area contributed by atoms with Crippen LogP contribution >= 0.6 is 23.1 Å². The fourth-order valence-electron chi connectivity index (χ4n) is 3.74. The maximum atomic E-state index is 13.0. The lowest BCUT2D eigenvalue weighted by atomic mass is 10.0. The van der Waals surface area contributed by atoms with Crippen LogP contribution in [0.5, 0.6) is 5.75 Å². The third kappa shape index (κ3) is 3.95. The largest absolute Gasteiger partial charge is 0.497 e. The fourth-order valence-corrected chi connectivity index (χ4v) is 5.88. The van der Waals surface area contributed by atoms with Gasteiger partial charge in [-0.25, -0.2) is 4.98 Å². The van der Waals surface area contributed by atoms with E-state index in [1.165, 1.54) is 35.2 Å². The summed E-state index contributed by atoms with van der Waals surface area (Å²) in [4.78, 5) is 17.2. The highest BCUT2D eigenvalue weighted by Crippen LogP contribution is 2.45. The highest BCUT2D eigenvalue weighted by atomic mass is 32.2. The molecule has 0 fully saturated rings. The predicted molar refractivity (Wildman–Crippen MR) is 122 cm³/mol. The summed E-state index contributed by atoms with van der Waals surface area (Å²) in [5.74, 6) is 1.15. The first-order valence-corrected chi connectivity index (χ1v) is 11.7. The van der Waals surface area contributed by atoms with Crippen molar-refractivity contribution in [3.05, 3.63) is 64.8 Å². The van der Waals surface area contributed by atoms with Crippen LogP contribution in [0.25, 0.3) is 15.3 Å². The lowest BCUT2D eigenvalue weighted by Gasteiger charge is -2.16. The zero-order valence-corrected chi connectivity index (χ0v) is 19.1. The van der Waals surface area contributed by atoms with E-state index in [1.54, 1.807) is 11.8 Å². The second-order valence-corrected chi connectivity index (χ2v) is 9.55. The standard InChI is InChI=1S/C22H17F3N4O2S2/c1-11-18-19(12-3-5-13(6-4-12)22(23,24)25)32-10-17(30)27-20(18)29(28-11)21-26-15-8-7-14(31-2)9-16(15)33-21/h3-9,19H,10H2,1-2H3,(H,27,30)/t19-/m1/s1. The Bertz CT molecular complexity index is 1360. The van der Waals surface area contributed by atoms with Crippen LogP contribution in [0.4, 0.5) is 19.0 Å². The third-order valence-corrected chi connectivity index (χ3v) is 7.58. The van der Waals surface area contributed by atoms with Crippen LogP contribution < -0.4 is 10.1 Å². The third-order valence-electron chi connectivity index (χ3n) is 5.31. The van der Waals surface area contributed by atoms with Gasteiger partial charge in [0, 0.05) is 5.56 Å². The number of aromatic nitrogens is 3. The van der Waals surface area contributed by atoms with E-state index in [2.05, 4.69) is 15.4 Å². The zero-order valence-electron chi connectivity index (χ0n) is 17.4. The number of rotatable bonds is 3. The van der Waals surface area contributed by atoms with E-state index in [-0.39, 0.29) is 16.9 Å². The van der Waals surface area contributed by atoms with Gasteiger partial charge in [0.05, 0.1) is 39.6 Å². The Labute approximate surface area is 194 Å². The lowest BCUT2D eigenvalue weighted by Crippen LogP contribution is -2.15. The van der Waals surface area contributed by atoms with Crippen molar-refractivity contribution in [3.8, 4) is 10.9 Å². The molecule has 1 aliphatic heterocycles. The number of aryl methyl sites for hydroxylation is 1. The van der Waals surface area contributed by atoms with Gasteiger partial charge in [-0.15, -0.1) is 11.8 Å². The molecule has 0 aliphatic carbocycles. The minimum absolute atomic E-state index is 0.164. The number of thioether (sulfide) groups is 1. The number of halogens is 3. The Morgan fingerprint density at radius 2 is 1.94 bits per heavy atom. The summed E-state index contributed by atoms with van der Waals surface area (Å²) < 4.78 is 46.8. The van der Waals surface area contributed by atoms with Crippen LogP contribution in [-0.4, -0.2) is 33.5 Å².